The van der Waals surface area contributed by atoms with Crippen LogP contribution in [0.2, 0.25) is 0 Å². The van der Waals surface area contributed by atoms with Gasteiger partial charge in [0.25, 0.3) is 0 Å². The number of nitrogens with one attached hydrogen (secondary N) is 1. The largest absolute Gasteiger partial charge is 0.495 e. The molecule has 0 bridgehead atoms. The highest BCUT2D eigenvalue weighted by Crippen LogP contribution is 2.69. The number of hydrogen-bond donors (Lipinski definition) is 3. The molecule has 1 aromatic heterocycles. The molecule has 2 aliphatic heterocycles. The van der Waals surface area contributed by atoms with Gasteiger partial charge in [0.15, 0.2) is 11.2 Å². The first kappa shape index (κ1) is 23.9. The lowest BCUT2D eigenvalue weighted by atomic mass is 9.70. The van der Waals surface area contributed by atoms with E-state index in [0.29, 0.717) is 34.7 Å². The van der Waals surface area contributed by atoms with E-state index in [1.807, 2.05) is 42.5 Å². The van der Waals surface area contributed by atoms with Crippen LogP contribution in [0.3, 0.4) is 0 Å². The first-order valence-electron chi connectivity index (χ1n) is 12.6. The number of rotatable bonds is 5. The highest BCUT2D eigenvalue weighted by Gasteiger charge is 2.76. The minimum atomic E-state index is -1.83. The number of aliphatic hydroxyl groups excluding tert-OH is 1. The highest BCUT2D eigenvalue weighted by atomic mass is 16.5. The number of aliphatic hydroxyl groups is 2. The van der Waals surface area contributed by atoms with Gasteiger partial charge in [-0.1, -0.05) is 42.5 Å². The van der Waals surface area contributed by atoms with Gasteiger partial charge in [-0.3, -0.25) is 4.98 Å². The monoisotopic (exact) mass is 498 g/mol. The predicted molar refractivity (Wildman–Crippen MR) is 136 cm³/mol. The van der Waals surface area contributed by atoms with Crippen molar-refractivity contribution in [3.63, 3.8) is 0 Å². The molecule has 1 aliphatic carbocycles. The molecule has 6 rings (SSSR count). The fourth-order valence-electron chi connectivity index (χ4n) is 6.72. The average Bonchev–Trinajstić information content (AvgIpc) is 3.32. The molecule has 2 aromatic carbocycles. The molecule has 8 heteroatoms. The first-order valence-corrected chi connectivity index (χ1v) is 12.6. The molecule has 1 saturated heterocycles. The summed E-state index contributed by atoms with van der Waals surface area (Å²) < 4.78 is 12.5. The van der Waals surface area contributed by atoms with Gasteiger partial charge >= 0.3 is 0 Å². The van der Waals surface area contributed by atoms with Crippen LogP contribution in [0, 0.1) is 17.2 Å². The summed E-state index contributed by atoms with van der Waals surface area (Å²) in [6.07, 6.45) is 1.95. The molecule has 0 spiro atoms. The maximum Gasteiger partial charge on any atom is 0.177 e. The molecule has 8 nitrogen and oxygen atoms in total. The van der Waals surface area contributed by atoms with Gasteiger partial charge in [0.1, 0.15) is 11.5 Å². The van der Waals surface area contributed by atoms with E-state index in [4.69, 9.17) is 9.47 Å². The lowest BCUT2D eigenvalue weighted by Gasteiger charge is -2.41. The molecular formula is C29H30N4O4. The standard InChI is InChI=1S/C29H30N4O4/c1-36-23-16-32-17-24-26(23)28(35)27(34)22(18-33-13-11-31-12-14-33)25(20-5-3-2-4-6-20)29(28,37-24)21-9-7-19(15-30)8-10-21/h2-10,16-17,22,25,27,31,34-35H,11-14,18H2,1H3/t22?,25?,27-,28+,29+/m1/s1. The number of hydrogen-bond acceptors (Lipinski definition) is 8. The van der Waals surface area contributed by atoms with Crippen LogP contribution in [-0.2, 0) is 11.2 Å². The van der Waals surface area contributed by atoms with E-state index in [2.05, 4.69) is 21.3 Å². The van der Waals surface area contributed by atoms with Gasteiger partial charge in [0, 0.05) is 44.6 Å². The molecule has 5 atom stereocenters. The molecule has 3 aliphatic rings. The van der Waals surface area contributed by atoms with Gasteiger partial charge in [0.2, 0.25) is 0 Å². The van der Waals surface area contributed by atoms with Gasteiger partial charge in [0.05, 0.1) is 42.8 Å². The van der Waals surface area contributed by atoms with Crippen molar-refractivity contribution in [3.05, 3.63) is 89.2 Å². The predicted octanol–water partition coefficient (Wildman–Crippen LogP) is 2.12. The van der Waals surface area contributed by atoms with Gasteiger partial charge in [-0.2, -0.15) is 5.26 Å². The normalized spacial score (nSPS) is 30.7. The Morgan fingerprint density at radius 2 is 1.86 bits per heavy atom. The minimum absolute atomic E-state index is 0.354. The Balaban J connectivity index is 1.61. The SMILES string of the molecule is COc1cncc2c1[C@]1(O)[C@H](O)C(CN3CCNCC3)C(c3ccccc3)[C@]1(c1ccc(C#N)cc1)O2. The van der Waals surface area contributed by atoms with Crippen molar-refractivity contribution < 1.29 is 19.7 Å². The van der Waals surface area contributed by atoms with E-state index >= 15 is 0 Å². The van der Waals surface area contributed by atoms with E-state index in [9.17, 15) is 15.5 Å². The minimum Gasteiger partial charge on any atom is -0.495 e. The van der Waals surface area contributed by atoms with E-state index in [-0.39, 0.29) is 5.92 Å². The number of aromatic nitrogens is 1. The number of nitrogens with zero attached hydrogens (tertiary/aromatic N) is 3. The Morgan fingerprint density at radius 3 is 2.54 bits per heavy atom. The van der Waals surface area contributed by atoms with Crippen molar-refractivity contribution in [2.45, 2.75) is 23.2 Å². The van der Waals surface area contributed by atoms with Crippen LogP contribution in [0.4, 0.5) is 0 Å². The zero-order chi connectivity index (χ0) is 25.6. The maximum atomic E-state index is 12.8. The van der Waals surface area contributed by atoms with Crippen molar-refractivity contribution >= 4 is 0 Å². The number of fused-ring (bicyclic) bond motifs is 3. The smallest absolute Gasteiger partial charge is 0.177 e. The fourth-order valence-corrected chi connectivity index (χ4v) is 6.72. The van der Waals surface area contributed by atoms with Gasteiger partial charge in [-0.15, -0.1) is 0 Å². The van der Waals surface area contributed by atoms with Crippen LogP contribution in [0.1, 0.15) is 28.2 Å². The van der Waals surface area contributed by atoms with Crippen molar-refractivity contribution in [3.8, 4) is 17.6 Å². The third-order valence-electron chi connectivity index (χ3n) is 8.29. The second-order valence-corrected chi connectivity index (χ2v) is 10.1. The van der Waals surface area contributed by atoms with Crippen molar-refractivity contribution in [2.75, 3.05) is 39.8 Å². The van der Waals surface area contributed by atoms with Crippen LogP contribution >= 0.6 is 0 Å². The Kier molecular flexibility index (Phi) is 5.89. The van der Waals surface area contributed by atoms with Crippen molar-refractivity contribution in [1.82, 2.24) is 15.2 Å². The zero-order valence-electron chi connectivity index (χ0n) is 20.7. The Hall–Kier alpha value is -3.48. The van der Waals surface area contributed by atoms with E-state index < -0.39 is 23.2 Å². The van der Waals surface area contributed by atoms with Crippen molar-refractivity contribution in [2.24, 2.45) is 5.92 Å². The van der Waals surface area contributed by atoms with E-state index in [1.54, 1.807) is 24.5 Å². The van der Waals surface area contributed by atoms with Gasteiger partial charge < -0.3 is 29.9 Å². The molecule has 3 N–H and O–H groups in total. The highest BCUT2D eigenvalue weighted by molar-refractivity contribution is 5.59. The van der Waals surface area contributed by atoms with Crippen LogP contribution < -0.4 is 14.8 Å². The van der Waals surface area contributed by atoms with Crippen LogP contribution in [-0.4, -0.2) is 66.0 Å². The second kappa shape index (κ2) is 9.12. The Morgan fingerprint density at radius 1 is 1.14 bits per heavy atom. The maximum absolute atomic E-state index is 12.8. The average molecular weight is 499 g/mol. The Bertz CT molecular complexity index is 1320. The summed E-state index contributed by atoms with van der Waals surface area (Å²) in [5.41, 5.74) is -0.649. The lowest BCUT2D eigenvalue weighted by molar-refractivity contribution is -0.152. The second-order valence-electron chi connectivity index (χ2n) is 10.1. The fraction of sp³-hybridized carbons (Fsp3) is 0.379. The summed E-state index contributed by atoms with van der Waals surface area (Å²) >= 11 is 0. The molecule has 2 unspecified atom stereocenters. The number of pyridine rings is 1. The summed E-state index contributed by atoms with van der Waals surface area (Å²) in [4.78, 5) is 6.61. The first-order chi connectivity index (χ1) is 18.0. The van der Waals surface area contributed by atoms with Crippen LogP contribution in [0.25, 0.3) is 0 Å². The van der Waals surface area contributed by atoms with E-state index in [1.165, 1.54) is 7.11 Å². The molecule has 3 aromatic rings. The van der Waals surface area contributed by atoms with Crippen LogP contribution in [0.5, 0.6) is 11.5 Å². The molecule has 37 heavy (non-hydrogen) atoms. The quantitative estimate of drug-likeness (QED) is 0.491. The van der Waals surface area contributed by atoms with Gasteiger partial charge in [-0.05, 0) is 23.3 Å². The number of methoxy groups -OCH3 is 1. The lowest BCUT2D eigenvalue weighted by Crippen LogP contribution is -2.52. The van der Waals surface area contributed by atoms with Crippen LogP contribution in [0.15, 0.2) is 67.0 Å². The van der Waals surface area contributed by atoms with Crippen molar-refractivity contribution in [1.29, 1.82) is 5.26 Å². The van der Waals surface area contributed by atoms with Gasteiger partial charge in [-0.25, -0.2) is 0 Å². The summed E-state index contributed by atoms with van der Waals surface area (Å²) in [6, 6.07) is 19.2. The number of ether oxygens (including phenoxy) is 2. The summed E-state index contributed by atoms with van der Waals surface area (Å²) in [7, 11) is 1.52. The summed E-state index contributed by atoms with van der Waals surface area (Å²) in [5, 5.41) is 37.8. The molecule has 3 heterocycles. The zero-order valence-corrected chi connectivity index (χ0v) is 20.7. The summed E-state index contributed by atoms with van der Waals surface area (Å²) in [5.74, 6) is -0.0168. The number of nitriles is 1. The summed E-state index contributed by atoms with van der Waals surface area (Å²) in [6.45, 7) is 4.07. The third kappa shape index (κ3) is 3.39. The Labute approximate surface area is 216 Å². The number of piperazine rings is 1. The molecular weight excluding hydrogens is 468 g/mol. The molecule has 0 radical (unpaired) electrons. The molecule has 2 fully saturated rings. The topological polar surface area (TPSA) is 111 Å². The van der Waals surface area contributed by atoms with E-state index in [0.717, 1.165) is 31.7 Å². The third-order valence-corrected chi connectivity index (χ3v) is 8.29. The molecule has 190 valence electrons. The number of benzene rings is 2. The molecule has 0 amide bonds. The molecule has 1 saturated carbocycles.